The van der Waals surface area contributed by atoms with E-state index >= 15 is 0 Å². The summed E-state index contributed by atoms with van der Waals surface area (Å²) in [7, 11) is 0. The van der Waals surface area contributed by atoms with Crippen LogP contribution < -0.4 is 9.64 Å². The normalized spacial score (nSPS) is 14.8. The molecule has 2 heterocycles. The summed E-state index contributed by atoms with van der Waals surface area (Å²) in [5, 5.41) is 0.357. The SMILES string of the molecule is Fc1cccc(Cl)c1COc1nsnc1N1CCCC1. The molecule has 1 fully saturated rings. The first kappa shape index (κ1) is 13.6. The van der Waals surface area contributed by atoms with Gasteiger partial charge in [-0.2, -0.15) is 4.37 Å². The van der Waals surface area contributed by atoms with Crippen molar-refractivity contribution >= 4 is 29.1 Å². The molecule has 1 aliphatic heterocycles. The van der Waals surface area contributed by atoms with Crippen LogP contribution in [0.25, 0.3) is 0 Å². The van der Waals surface area contributed by atoms with Crippen LogP contribution in [0.3, 0.4) is 0 Å². The molecule has 1 aromatic carbocycles. The predicted octanol–water partition coefficient (Wildman–Crippen LogP) is 3.51. The monoisotopic (exact) mass is 313 g/mol. The zero-order valence-corrected chi connectivity index (χ0v) is 12.3. The number of hydrogen-bond acceptors (Lipinski definition) is 5. The van der Waals surface area contributed by atoms with Gasteiger partial charge in [-0.3, -0.25) is 0 Å². The van der Waals surface area contributed by atoms with E-state index in [1.165, 1.54) is 6.07 Å². The quantitative estimate of drug-likeness (QED) is 0.866. The maximum Gasteiger partial charge on any atom is 0.271 e. The first-order valence-electron chi connectivity index (χ1n) is 6.39. The lowest BCUT2D eigenvalue weighted by molar-refractivity contribution is 0.291. The molecule has 0 radical (unpaired) electrons. The lowest BCUT2D eigenvalue weighted by atomic mass is 10.2. The Labute approximate surface area is 125 Å². The predicted molar refractivity (Wildman–Crippen MR) is 77.1 cm³/mol. The van der Waals surface area contributed by atoms with Crippen LogP contribution in [0.4, 0.5) is 10.2 Å². The van der Waals surface area contributed by atoms with Crippen molar-refractivity contribution in [2.75, 3.05) is 18.0 Å². The van der Waals surface area contributed by atoms with Crippen LogP contribution in [0.5, 0.6) is 5.88 Å². The standard InChI is InChI=1S/C13H13ClFN3OS/c14-10-4-3-5-11(15)9(10)8-19-13-12(16-20-17-13)18-6-1-2-7-18/h3-5H,1-2,6-8H2. The van der Waals surface area contributed by atoms with Crippen molar-refractivity contribution in [2.24, 2.45) is 0 Å². The Morgan fingerprint density at radius 2 is 2.10 bits per heavy atom. The van der Waals surface area contributed by atoms with Crippen molar-refractivity contribution in [1.29, 1.82) is 0 Å². The van der Waals surface area contributed by atoms with Gasteiger partial charge in [0, 0.05) is 18.7 Å². The van der Waals surface area contributed by atoms with Gasteiger partial charge in [0.15, 0.2) is 0 Å². The van der Waals surface area contributed by atoms with E-state index in [-0.39, 0.29) is 12.4 Å². The maximum absolute atomic E-state index is 13.7. The van der Waals surface area contributed by atoms with Crippen LogP contribution >= 0.6 is 23.3 Å². The Balaban J connectivity index is 1.74. The molecule has 1 aliphatic rings. The molecule has 1 aromatic heterocycles. The second kappa shape index (κ2) is 5.93. The number of rotatable bonds is 4. The fourth-order valence-corrected chi connectivity index (χ4v) is 2.94. The minimum absolute atomic E-state index is 0.0533. The van der Waals surface area contributed by atoms with Crippen molar-refractivity contribution in [3.63, 3.8) is 0 Å². The first-order chi connectivity index (χ1) is 9.75. The Morgan fingerprint density at radius 1 is 1.30 bits per heavy atom. The van der Waals surface area contributed by atoms with E-state index in [0.29, 0.717) is 16.5 Å². The third kappa shape index (κ3) is 2.71. The van der Waals surface area contributed by atoms with E-state index in [1.54, 1.807) is 12.1 Å². The summed E-state index contributed by atoms with van der Waals surface area (Å²) in [6, 6.07) is 4.58. The average Bonchev–Trinajstić information content (AvgIpc) is 3.08. The number of benzene rings is 1. The molecular weight excluding hydrogens is 301 g/mol. The van der Waals surface area contributed by atoms with Crippen LogP contribution in [0.1, 0.15) is 18.4 Å². The molecule has 0 amide bonds. The number of halogens is 2. The van der Waals surface area contributed by atoms with Gasteiger partial charge >= 0.3 is 0 Å². The molecule has 106 valence electrons. The number of ether oxygens (including phenoxy) is 1. The van der Waals surface area contributed by atoms with E-state index in [1.807, 2.05) is 0 Å². The molecule has 20 heavy (non-hydrogen) atoms. The van der Waals surface area contributed by atoms with Gasteiger partial charge in [0.1, 0.15) is 12.4 Å². The molecule has 2 aromatic rings. The average molecular weight is 314 g/mol. The summed E-state index contributed by atoms with van der Waals surface area (Å²) in [5.41, 5.74) is 0.342. The van der Waals surface area contributed by atoms with Crippen LogP contribution in [0.15, 0.2) is 18.2 Å². The molecule has 0 N–H and O–H groups in total. The lowest BCUT2D eigenvalue weighted by Gasteiger charge is -2.15. The van der Waals surface area contributed by atoms with Crippen molar-refractivity contribution < 1.29 is 9.13 Å². The second-order valence-electron chi connectivity index (χ2n) is 4.58. The van der Waals surface area contributed by atoms with E-state index in [9.17, 15) is 4.39 Å². The van der Waals surface area contributed by atoms with Crippen LogP contribution in [0, 0.1) is 5.82 Å². The summed E-state index contributed by atoms with van der Waals surface area (Å²) in [6.45, 7) is 1.97. The highest BCUT2D eigenvalue weighted by Crippen LogP contribution is 2.30. The fourth-order valence-electron chi connectivity index (χ4n) is 2.20. The minimum Gasteiger partial charge on any atom is -0.469 e. The van der Waals surface area contributed by atoms with Crippen molar-refractivity contribution in [3.05, 3.63) is 34.6 Å². The van der Waals surface area contributed by atoms with Gasteiger partial charge < -0.3 is 9.64 Å². The summed E-state index contributed by atoms with van der Waals surface area (Å²) in [6.07, 6.45) is 2.30. The number of aromatic nitrogens is 2. The maximum atomic E-state index is 13.7. The molecule has 4 nitrogen and oxygen atoms in total. The van der Waals surface area contributed by atoms with Gasteiger partial charge in [-0.15, -0.1) is 4.37 Å². The van der Waals surface area contributed by atoms with Gasteiger partial charge in [-0.25, -0.2) is 4.39 Å². The molecule has 0 aliphatic carbocycles. The highest BCUT2D eigenvalue weighted by atomic mass is 35.5. The highest BCUT2D eigenvalue weighted by Gasteiger charge is 2.21. The molecule has 3 rings (SSSR count). The Morgan fingerprint density at radius 3 is 2.85 bits per heavy atom. The largest absolute Gasteiger partial charge is 0.469 e. The van der Waals surface area contributed by atoms with Gasteiger partial charge in [0.25, 0.3) is 5.88 Å². The third-order valence-corrected chi connectivity index (χ3v) is 4.12. The Hall–Kier alpha value is -1.40. The summed E-state index contributed by atoms with van der Waals surface area (Å²) < 4.78 is 27.7. The smallest absolute Gasteiger partial charge is 0.271 e. The number of anilines is 1. The highest BCUT2D eigenvalue weighted by molar-refractivity contribution is 6.99. The van der Waals surface area contributed by atoms with E-state index < -0.39 is 0 Å². The third-order valence-electron chi connectivity index (χ3n) is 3.26. The van der Waals surface area contributed by atoms with Crippen molar-refractivity contribution in [1.82, 2.24) is 8.75 Å². The summed E-state index contributed by atoms with van der Waals surface area (Å²) in [4.78, 5) is 2.14. The van der Waals surface area contributed by atoms with E-state index in [2.05, 4.69) is 13.6 Å². The van der Waals surface area contributed by atoms with Gasteiger partial charge in [0.05, 0.1) is 16.8 Å². The summed E-state index contributed by atoms with van der Waals surface area (Å²) in [5.74, 6) is 0.833. The molecule has 0 unspecified atom stereocenters. The van der Waals surface area contributed by atoms with E-state index in [0.717, 1.165) is 43.5 Å². The van der Waals surface area contributed by atoms with Gasteiger partial charge in [0.2, 0.25) is 5.82 Å². The first-order valence-corrected chi connectivity index (χ1v) is 7.50. The zero-order chi connectivity index (χ0) is 13.9. The molecule has 0 bridgehead atoms. The molecule has 0 spiro atoms. The van der Waals surface area contributed by atoms with Gasteiger partial charge in [-0.1, -0.05) is 17.7 Å². The molecular formula is C13H13ClFN3OS. The Bertz CT molecular complexity index is 581. The van der Waals surface area contributed by atoms with Gasteiger partial charge in [-0.05, 0) is 25.0 Å². The topological polar surface area (TPSA) is 38.3 Å². The Kier molecular flexibility index (Phi) is 4.03. The molecule has 0 saturated carbocycles. The van der Waals surface area contributed by atoms with Crippen molar-refractivity contribution in [2.45, 2.75) is 19.4 Å². The van der Waals surface area contributed by atoms with Crippen LogP contribution in [-0.4, -0.2) is 21.8 Å². The van der Waals surface area contributed by atoms with Crippen LogP contribution in [0.2, 0.25) is 5.02 Å². The molecule has 1 saturated heterocycles. The van der Waals surface area contributed by atoms with Crippen LogP contribution in [-0.2, 0) is 6.61 Å². The molecule has 7 heteroatoms. The minimum atomic E-state index is -0.372. The lowest BCUT2D eigenvalue weighted by Crippen LogP contribution is -2.18. The second-order valence-corrected chi connectivity index (χ2v) is 5.51. The summed E-state index contributed by atoms with van der Waals surface area (Å²) >= 11 is 7.08. The van der Waals surface area contributed by atoms with Crippen molar-refractivity contribution in [3.8, 4) is 5.88 Å². The number of hydrogen-bond donors (Lipinski definition) is 0. The fraction of sp³-hybridized carbons (Fsp3) is 0.385. The number of nitrogens with zero attached hydrogens (tertiary/aromatic N) is 3. The zero-order valence-electron chi connectivity index (χ0n) is 10.7. The molecule has 0 atom stereocenters. The van der Waals surface area contributed by atoms with E-state index in [4.69, 9.17) is 16.3 Å².